The third kappa shape index (κ3) is 2.09. The standard InChI is InChI=1S/C13H18FNO2/c1-13(5-4-6-15-13)10-7-9(16-2)8-11(17-3)12(10)14/h7-8,15H,4-6H2,1-3H3. The van der Waals surface area contributed by atoms with E-state index in [1.54, 1.807) is 19.2 Å². The van der Waals surface area contributed by atoms with Crippen LogP contribution in [0.1, 0.15) is 25.3 Å². The molecule has 0 amide bonds. The fraction of sp³-hybridized carbons (Fsp3) is 0.538. The average Bonchev–Trinajstić information content (AvgIpc) is 2.77. The summed E-state index contributed by atoms with van der Waals surface area (Å²) in [5.74, 6) is 0.549. The molecule has 1 unspecified atom stereocenters. The van der Waals surface area contributed by atoms with Gasteiger partial charge in [0.2, 0.25) is 0 Å². The van der Waals surface area contributed by atoms with Gasteiger partial charge in [-0.05, 0) is 32.4 Å². The minimum atomic E-state index is -0.327. The molecule has 4 heteroatoms. The minimum Gasteiger partial charge on any atom is -0.497 e. The molecule has 0 bridgehead atoms. The number of rotatable bonds is 3. The second-order valence-corrected chi connectivity index (χ2v) is 4.55. The van der Waals surface area contributed by atoms with Gasteiger partial charge < -0.3 is 14.8 Å². The summed E-state index contributed by atoms with van der Waals surface area (Å²) in [6, 6.07) is 3.31. The van der Waals surface area contributed by atoms with Gasteiger partial charge in [-0.2, -0.15) is 0 Å². The quantitative estimate of drug-likeness (QED) is 0.878. The van der Waals surface area contributed by atoms with E-state index in [4.69, 9.17) is 9.47 Å². The maximum atomic E-state index is 14.3. The predicted molar refractivity (Wildman–Crippen MR) is 64.1 cm³/mol. The molecule has 1 fully saturated rings. The molecule has 1 aromatic rings. The van der Waals surface area contributed by atoms with Gasteiger partial charge in [-0.1, -0.05) is 0 Å². The van der Waals surface area contributed by atoms with Crippen LogP contribution in [0.2, 0.25) is 0 Å². The first-order valence-corrected chi connectivity index (χ1v) is 5.78. The van der Waals surface area contributed by atoms with Gasteiger partial charge >= 0.3 is 0 Å². The van der Waals surface area contributed by atoms with Crippen LogP contribution in [-0.2, 0) is 5.54 Å². The highest BCUT2D eigenvalue weighted by Crippen LogP contribution is 2.37. The fourth-order valence-corrected chi connectivity index (χ4v) is 2.36. The molecule has 0 aromatic heterocycles. The largest absolute Gasteiger partial charge is 0.497 e. The van der Waals surface area contributed by atoms with Crippen molar-refractivity contribution >= 4 is 0 Å². The normalized spacial score (nSPS) is 23.8. The predicted octanol–water partition coefficient (Wildman–Crippen LogP) is 2.44. The van der Waals surface area contributed by atoms with Gasteiger partial charge in [0.05, 0.1) is 14.2 Å². The van der Waals surface area contributed by atoms with Crippen LogP contribution in [0.25, 0.3) is 0 Å². The second kappa shape index (κ2) is 4.53. The van der Waals surface area contributed by atoms with E-state index in [1.165, 1.54) is 7.11 Å². The SMILES string of the molecule is COc1cc(OC)c(F)c(C2(C)CCCN2)c1. The Balaban J connectivity index is 2.51. The van der Waals surface area contributed by atoms with Gasteiger partial charge in [0.15, 0.2) is 11.6 Å². The van der Waals surface area contributed by atoms with Crippen LogP contribution < -0.4 is 14.8 Å². The first kappa shape index (κ1) is 12.2. The van der Waals surface area contributed by atoms with Crippen molar-refractivity contribution < 1.29 is 13.9 Å². The smallest absolute Gasteiger partial charge is 0.170 e. The number of nitrogens with one attached hydrogen (secondary N) is 1. The second-order valence-electron chi connectivity index (χ2n) is 4.55. The zero-order valence-corrected chi connectivity index (χ0v) is 10.5. The number of benzene rings is 1. The molecule has 94 valence electrons. The highest BCUT2D eigenvalue weighted by molar-refractivity contribution is 5.43. The Bertz CT molecular complexity index is 414. The summed E-state index contributed by atoms with van der Waals surface area (Å²) >= 11 is 0. The molecular formula is C13H18FNO2. The van der Waals surface area contributed by atoms with E-state index in [0.717, 1.165) is 19.4 Å². The highest BCUT2D eigenvalue weighted by atomic mass is 19.1. The summed E-state index contributed by atoms with van der Waals surface area (Å²) < 4.78 is 24.5. The summed E-state index contributed by atoms with van der Waals surface area (Å²) in [6.45, 7) is 2.92. The molecule has 1 aliphatic rings. The molecule has 1 heterocycles. The van der Waals surface area contributed by atoms with Crippen molar-refractivity contribution in [3.63, 3.8) is 0 Å². The van der Waals surface area contributed by atoms with E-state index in [1.807, 2.05) is 6.92 Å². The van der Waals surface area contributed by atoms with Crippen molar-refractivity contribution in [3.05, 3.63) is 23.5 Å². The lowest BCUT2D eigenvalue weighted by atomic mass is 9.89. The molecule has 0 spiro atoms. The first-order valence-electron chi connectivity index (χ1n) is 5.78. The summed E-state index contributed by atoms with van der Waals surface area (Å²) in [4.78, 5) is 0. The van der Waals surface area contributed by atoms with Crippen molar-refractivity contribution in [2.45, 2.75) is 25.3 Å². The molecule has 1 aromatic carbocycles. The molecular weight excluding hydrogens is 221 g/mol. The lowest BCUT2D eigenvalue weighted by molar-refractivity contribution is 0.351. The van der Waals surface area contributed by atoms with Crippen molar-refractivity contribution in [2.24, 2.45) is 0 Å². The van der Waals surface area contributed by atoms with Crippen LogP contribution in [0, 0.1) is 5.82 Å². The Morgan fingerprint density at radius 2 is 2.06 bits per heavy atom. The van der Waals surface area contributed by atoms with E-state index < -0.39 is 0 Å². The molecule has 17 heavy (non-hydrogen) atoms. The molecule has 1 N–H and O–H groups in total. The van der Waals surface area contributed by atoms with Gasteiger partial charge in [-0.25, -0.2) is 4.39 Å². The minimum absolute atomic E-state index is 0.231. The molecule has 2 rings (SSSR count). The van der Waals surface area contributed by atoms with Crippen LogP contribution in [-0.4, -0.2) is 20.8 Å². The highest BCUT2D eigenvalue weighted by Gasteiger charge is 2.34. The Kier molecular flexibility index (Phi) is 3.24. The van der Waals surface area contributed by atoms with E-state index >= 15 is 0 Å². The first-order chi connectivity index (χ1) is 8.10. The van der Waals surface area contributed by atoms with Gasteiger partial charge in [0.25, 0.3) is 0 Å². The average molecular weight is 239 g/mol. The van der Waals surface area contributed by atoms with Gasteiger partial charge in [0.1, 0.15) is 5.75 Å². The Morgan fingerprint density at radius 1 is 1.29 bits per heavy atom. The lowest BCUT2D eigenvalue weighted by Gasteiger charge is -2.26. The number of hydrogen-bond donors (Lipinski definition) is 1. The van der Waals surface area contributed by atoms with Crippen LogP contribution in [0.4, 0.5) is 4.39 Å². The zero-order valence-electron chi connectivity index (χ0n) is 10.5. The topological polar surface area (TPSA) is 30.5 Å². The molecule has 3 nitrogen and oxygen atoms in total. The van der Waals surface area contributed by atoms with Crippen molar-refractivity contribution in [3.8, 4) is 11.5 Å². The zero-order chi connectivity index (χ0) is 12.5. The third-order valence-electron chi connectivity index (χ3n) is 3.43. The molecule has 1 saturated heterocycles. The lowest BCUT2D eigenvalue weighted by Crippen LogP contribution is -2.34. The monoisotopic (exact) mass is 239 g/mol. The van der Waals surface area contributed by atoms with E-state index in [-0.39, 0.29) is 17.1 Å². The Labute approximate surface area is 101 Å². The number of halogens is 1. The molecule has 1 atom stereocenters. The van der Waals surface area contributed by atoms with Crippen LogP contribution in [0.15, 0.2) is 12.1 Å². The molecule has 0 aliphatic carbocycles. The summed E-state index contributed by atoms with van der Waals surface area (Å²) in [6.07, 6.45) is 1.97. The van der Waals surface area contributed by atoms with Crippen molar-refractivity contribution in [1.29, 1.82) is 0 Å². The van der Waals surface area contributed by atoms with E-state index in [0.29, 0.717) is 11.3 Å². The van der Waals surface area contributed by atoms with Crippen molar-refractivity contribution in [1.82, 2.24) is 5.32 Å². The van der Waals surface area contributed by atoms with E-state index in [2.05, 4.69) is 5.32 Å². The molecule has 0 saturated carbocycles. The number of methoxy groups -OCH3 is 2. The Morgan fingerprint density at radius 3 is 2.59 bits per heavy atom. The molecule has 1 aliphatic heterocycles. The fourth-order valence-electron chi connectivity index (χ4n) is 2.36. The van der Waals surface area contributed by atoms with E-state index in [9.17, 15) is 4.39 Å². The summed E-state index contributed by atoms with van der Waals surface area (Å²) in [5, 5.41) is 3.34. The summed E-state index contributed by atoms with van der Waals surface area (Å²) in [5.41, 5.74) is 0.289. The van der Waals surface area contributed by atoms with Crippen LogP contribution in [0.5, 0.6) is 11.5 Å². The van der Waals surface area contributed by atoms with Gasteiger partial charge in [-0.15, -0.1) is 0 Å². The maximum absolute atomic E-state index is 14.3. The maximum Gasteiger partial charge on any atom is 0.170 e. The van der Waals surface area contributed by atoms with Gasteiger partial charge in [-0.3, -0.25) is 0 Å². The van der Waals surface area contributed by atoms with Gasteiger partial charge in [0, 0.05) is 17.2 Å². The number of hydrogen-bond acceptors (Lipinski definition) is 3. The number of ether oxygens (including phenoxy) is 2. The van der Waals surface area contributed by atoms with Crippen LogP contribution >= 0.6 is 0 Å². The summed E-state index contributed by atoms with van der Waals surface area (Å²) in [7, 11) is 3.03. The van der Waals surface area contributed by atoms with Crippen molar-refractivity contribution in [2.75, 3.05) is 20.8 Å². The third-order valence-corrected chi connectivity index (χ3v) is 3.43. The molecule has 0 radical (unpaired) electrons. The Hall–Kier alpha value is -1.29. The van der Waals surface area contributed by atoms with Crippen LogP contribution in [0.3, 0.4) is 0 Å².